The molecule has 11 nitrogen and oxygen atoms in total. The van der Waals surface area contributed by atoms with Gasteiger partial charge in [-0.3, -0.25) is 0 Å². The van der Waals surface area contributed by atoms with E-state index >= 15 is 0 Å². The molecule has 0 unspecified atom stereocenters. The maximum atomic E-state index is 12.1. The van der Waals surface area contributed by atoms with Crippen LogP contribution in [-0.2, 0) is 23.8 Å². The molecule has 1 fully saturated rings. The zero-order chi connectivity index (χ0) is 25.5. The van der Waals surface area contributed by atoms with Gasteiger partial charge in [-0.1, -0.05) is 18.2 Å². The van der Waals surface area contributed by atoms with Crippen molar-refractivity contribution in [3.8, 4) is 17.2 Å². The fourth-order valence-electron chi connectivity index (χ4n) is 3.08. The Morgan fingerprint density at radius 2 is 1.43 bits per heavy atom. The molecule has 0 saturated carbocycles. The van der Waals surface area contributed by atoms with Crippen LogP contribution in [0.1, 0.15) is 11.1 Å². The maximum Gasteiger partial charge on any atom is 0.333 e. The van der Waals surface area contributed by atoms with Crippen LogP contribution in [0.25, 0.3) is 12.2 Å². The molecule has 6 N–H and O–H groups in total. The average molecular weight is 488 g/mol. The molecule has 2 aromatic carbocycles. The number of hydrogen-bond acceptors (Lipinski definition) is 11. The zero-order valence-electron chi connectivity index (χ0n) is 18.2. The molecule has 1 aliphatic rings. The highest BCUT2D eigenvalue weighted by Gasteiger charge is 2.45. The van der Waals surface area contributed by atoms with Crippen LogP contribution in [0.3, 0.4) is 0 Å². The summed E-state index contributed by atoms with van der Waals surface area (Å²) in [4.78, 5) is 24.1. The highest BCUT2D eigenvalue weighted by atomic mass is 16.7. The van der Waals surface area contributed by atoms with Gasteiger partial charge in [0.25, 0.3) is 0 Å². The Morgan fingerprint density at radius 1 is 0.800 bits per heavy atom. The van der Waals surface area contributed by atoms with Crippen LogP contribution in [0.15, 0.2) is 54.6 Å². The van der Waals surface area contributed by atoms with Crippen molar-refractivity contribution < 1.29 is 54.4 Å². The van der Waals surface area contributed by atoms with Crippen molar-refractivity contribution in [2.24, 2.45) is 0 Å². The molecule has 11 heteroatoms. The van der Waals surface area contributed by atoms with Crippen LogP contribution in [0.4, 0.5) is 0 Å². The van der Waals surface area contributed by atoms with Crippen LogP contribution >= 0.6 is 0 Å². The largest absolute Gasteiger partial charge is 0.508 e. The van der Waals surface area contributed by atoms with E-state index < -0.39 is 49.3 Å². The molecule has 3 rings (SSSR count). The van der Waals surface area contributed by atoms with Crippen molar-refractivity contribution >= 4 is 24.1 Å². The van der Waals surface area contributed by atoms with Crippen molar-refractivity contribution in [1.82, 2.24) is 0 Å². The number of hydrogen-bond donors (Lipinski definition) is 6. The number of carbonyl (C=O) groups excluding carboxylic acids is 2. The number of esters is 2. The van der Waals surface area contributed by atoms with E-state index in [2.05, 4.69) is 0 Å². The molecule has 0 aromatic heterocycles. The van der Waals surface area contributed by atoms with Gasteiger partial charge in [-0.2, -0.15) is 0 Å². The first-order chi connectivity index (χ1) is 16.6. The van der Waals surface area contributed by atoms with E-state index in [9.17, 15) is 40.2 Å². The topological polar surface area (TPSA) is 183 Å². The van der Waals surface area contributed by atoms with Crippen LogP contribution < -0.4 is 0 Å². The van der Waals surface area contributed by atoms with Gasteiger partial charge >= 0.3 is 11.9 Å². The molecule has 0 bridgehead atoms. The number of aliphatic hydroxyl groups excluding tert-OH is 3. The lowest BCUT2D eigenvalue weighted by Gasteiger charge is -2.39. The van der Waals surface area contributed by atoms with Gasteiger partial charge < -0.3 is 44.8 Å². The standard InChI is InChI=1S/C24H24O11/c25-15-6-1-13(2-7-15)4-9-19(28)33-12-18-21(30)22(31)23(32)24(34-18)35-20(29)10-5-14-3-8-16(26)17(27)11-14/h1-11,18,21-27,30-32H,12H2/t18-,21+,22-,23-,24-/m0/s1. The monoisotopic (exact) mass is 488 g/mol. The Morgan fingerprint density at radius 3 is 2.11 bits per heavy atom. The third kappa shape index (κ3) is 7.04. The molecule has 186 valence electrons. The number of carbonyl (C=O) groups is 2. The SMILES string of the molecule is O=C(C=Cc1ccc(O)cc1)OC[C@@H]1O[C@@H](OC(=O)C=Cc2ccc(O)c(O)c2)[C@@H](O)[C@@H](O)[C@@H]1O. The first kappa shape index (κ1) is 25.7. The van der Waals surface area contributed by atoms with Crippen LogP contribution in [-0.4, -0.2) is 79.9 Å². The van der Waals surface area contributed by atoms with Crippen LogP contribution in [0.5, 0.6) is 17.2 Å². The van der Waals surface area contributed by atoms with Gasteiger partial charge in [-0.15, -0.1) is 0 Å². The van der Waals surface area contributed by atoms with E-state index in [1.54, 1.807) is 12.1 Å². The van der Waals surface area contributed by atoms with Gasteiger partial charge in [0, 0.05) is 12.2 Å². The van der Waals surface area contributed by atoms with Gasteiger partial charge in [0.1, 0.15) is 36.8 Å². The van der Waals surface area contributed by atoms with Crippen LogP contribution in [0.2, 0.25) is 0 Å². The highest BCUT2D eigenvalue weighted by molar-refractivity contribution is 5.87. The predicted octanol–water partition coefficient (Wildman–Crippen LogP) is 0.424. The summed E-state index contributed by atoms with van der Waals surface area (Å²) in [5, 5.41) is 58.4. The molecule has 5 atom stereocenters. The number of rotatable bonds is 7. The highest BCUT2D eigenvalue weighted by Crippen LogP contribution is 2.26. The number of ether oxygens (including phenoxy) is 3. The Kier molecular flexibility index (Phi) is 8.44. The van der Waals surface area contributed by atoms with Crippen molar-refractivity contribution in [2.75, 3.05) is 6.61 Å². The Balaban J connectivity index is 1.56. The van der Waals surface area contributed by atoms with Crippen molar-refractivity contribution in [3.05, 3.63) is 65.7 Å². The molecular weight excluding hydrogens is 464 g/mol. The average Bonchev–Trinajstić information content (AvgIpc) is 2.84. The van der Waals surface area contributed by atoms with E-state index in [0.29, 0.717) is 11.1 Å². The van der Waals surface area contributed by atoms with Crippen molar-refractivity contribution in [3.63, 3.8) is 0 Å². The minimum absolute atomic E-state index is 0.0688. The van der Waals surface area contributed by atoms with Gasteiger partial charge in [0.15, 0.2) is 11.5 Å². The van der Waals surface area contributed by atoms with Crippen molar-refractivity contribution in [2.45, 2.75) is 30.7 Å². The number of aromatic hydroxyl groups is 3. The zero-order valence-corrected chi connectivity index (χ0v) is 18.2. The lowest BCUT2D eigenvalue weighted by Crippen LogP contribution is -2.59. The molecule has 0 spiro atoms. The summed E-state index contributed by atoms with van der Waals surface area (Å²) in [6, 6.07) is 9.87. The molecule has 0 radical (unpaired) electrons. The van der Waals surface area contributed by atoms with Gasteiger partial charge in [-0.25, -0.2) is 9.59 Å². The molecule has 35 heavy (non-hydrogen) atoms. The quantitative estimate of drug-likeness (QED) is 0.180. The summed E-state index contributed by atoms with van der Waals surface area (Å²) in [5.74, 6) is -2.42. The lowest BCUT2D eigenvalue weighted by molar-refractivity contribution is -0.291. The minimum Gasteiger partial charge on any atom is -0.508 e. The van der Waals surface area contributed by atoms with E-state index in [1.165, 1.54) is 42.5 Å². The summed E-state index contributed by atoms with van der Waals surface area (Å²) in [6.45, 7) is -0.514. The predicted molar refractivity (Wildman–Crippen MR) is 120 cm³/mol. The fourth-order valence-corrected chi connectivity index (χ4v) is 3.08. The first-order valence-electron chi connectivity index (χ1n) is 10.4. The van der Waals surface area contributed by atoms with E-state index in [-0.39, 0.29) is 17.2 Å². The first-order valence-corrected chi connectivity index (χ1v) is 10.4. The summed E-state index contributed by atoms with van der Waals surface area (Å²) in [6.07, 6.45) is -3.38. The number of benzene rings is 2. The molecule has 1 aliphatic heterocycles. The van der Waals surface area contributed by atoms with Gasteiger partial charge in [-0.05, 0) is 47.5 Å². The second kappa shape index (κ2) is 11.5. The second-order valence-electron chi connectivity index (χ2n) is 7.59. The lowest BCUT2D eigenvalue weighted by atomic mass is 9.99. The number of phenols is 3. The molecule has 0 amide bonds. The van der Waals surface area contributed by atoms with Crippen LogP contribution in [0, 0.1) is 0 Å². The third-order valence-electron chi connectivity index (χ3n) is 5.01. The van der Waals surface area contributed by atoms with E-state index in [4.69, 9.17) is 14.2 Å². The Labute approximate surface area is 199 Å². The summed E-state index contributed by atoms with van der Waals surface area (Å²) in [7, 11) is 0. The minimum atomic E-state index is -1.78. The van der Waals surface area contributed by atoms with Crippen molar-refractivity contribution in [1.29, 1.82) is 0 Å². The fraction of sp³-hybridized carbons (Fsp3) is 0.250. The second-order valence-corrected chi connectivity index (χ2v) is 7.59. The molecule has 1 heterocycles. The molecular formula is C24H24O11. The number of phenolic OH excluding ortho intramolecular Hbond substituents is 3. The summed E-state index contributed by atoms with van der Waals surface area (Å²) >= 11 is 0. The normalized spacial score (nSPS) is 24.5. The van der Waals surface area contributed by atoms with E-state index in [1.807, 2.05) is 0 Å². The Bertz CT molecular complexity index is 1090. The van der Waals surface area contributed by atoms with Gasteiger partial charge in [0.05, 0.1) is 0 Å². The van der Waals surface area contributed by atoms with E-state index in [0.717, 1.165) is 12.2 Å². The van der Waals surface area contributed by atoms with Gasteiger partial charge in [0.2, 0.25) is 6.29 Å². The molecule has 0 aliphatic carbocycles. The summed E-state index contributed by atoms with van der Waals surface area (Å²) < 4.78 is 15.3. The number of aliphatic hydroxyl groups is 3. The molecule has 2 aromatic rings. The third-order valence-corrected chi connectivity index (χ3v) is 5.01. The summed E-state index contributed by atoms with van der Waals surface area (Å²) in [5.41, 5.74) is 0.984. The maximum absolute atomic E-state index is 12.1. The Hall–Kier alpha value is -3.90. The smallest absolute Gasteiger partial charge is 0.333 e. The molecule has 1 saturated heterocycles.